The third-order valence-corrected chi connectivity index (χ3v) is 4.47. The molecule has 1 fully saturated rings. The van der Waals surface area contributed by atoms with Gasteiger partial charge in [-0.05, 0) is 62.1 Å². The van der Waals surface area contributed by atoms with Gasteiger partial charge in [0.05, 0.1) is 6.04 Å². The van der Waals surface area contributed by atoms with E-state index in [-0.39, 0.29) is 11.7 Å². The predicted octanol–water partition coefficient (Wildman–Crippen LogP) is 2.23. The molecule has 0 radical (unpaired) electrons. The topological polar surface area (TPSA) is 59.0 Å². The molecule has 6 heteroatoms. The number of benzene rings is 1. The number of halogens is 1. The summed E-state index contributed by atoms with van der Waals surface area (Å²) in [6.07, 6.45) is 4.75. The Hall–Kier alpha value is -2.21. The van der Waals surface area contributed by atoms with Gasteiger partial charge < -0.3 is 10.6 Å². The largest absolute Gasteiger partial charge is 0.350 e. The molecule has 2 N–H and O–H groups in total. The van der Waals surface area contributed by atoms with Crippen LogP contribution in [0.25, 0.3) is 0 Å². The van der Waals surface area contributed by atoms with E-state index in [1.807, 2.05) is 17.8 Å². The van der Waals surface area contributed by atoms with Crippen LogP contribution in [0.1, 0.15) is 40.5 Å². The van der Waals surface area contributed by atoms with E-state index in [1.165, 1.54) is 12.1 Å². The molecule has 1 unspecified atom stereocenters. The summed E-state index contributed by atoms with van der Waals surface area (Å²) in [7, 11) is 0. The SMILES string of the molecule is Cc1cc(F)ccc1CCNC(=O)c1ccn(C2CCCNC2)n1. The first-order valence-corrected chi connectivity index (χ1v) is 8.42. The van der Waals surface area contributed by atoms with Gasteiger partial charge in [0.2, 0.25) is 0 Å². The van der Waals surface area contributed by atoms with E-state index < -0.39 is 0 Å². The summed E-state index contributed by atoms with van der Waals surface area (Å²) in [5.41, 5.74) is 2.38. The van der Waals surface area contributed by atoms with E-state index >= 15 is 0 Å². The predicted molar refractivity (Wildman–Crippen MR) is 90.5 cm³/mol. The lowest BCUT2D eigenvalue weighted by Gasteiger charge is -2.22. The van der Waals surface area contributed by atoms with Gasteiger partial charge >= 0.3 is 0 Å². The molecule has 2 heterocycles. The number of piperidine rings is 1. The summed E-state index contributed by atoms with van der Waals surface area (Å²) in [6.45, 7) is 4.32. The normalized spacial score (nSPS) is 17.7. The lowest BCUT2D eigenvalue weighted by molar-refractivity contribution is 0.0947. The van der Waals surface area contributed by atoms with E-state index in [1.54, 1.807) is 12.1 Å². The van der Waals surface area contributed by atoms with Crippen molar-refractivity contribution in [1.29, 1.82) is 0 Å². The summed E-state index contributed by atoms with van der Waals surface area (Å²) in [4.78, 5) is 12.2. The molecule has 1 aromatic carbocycles. The Balaban J connectivity index is 1.52. The van der Waals surface area contributed by atoms with Gasteiger partial charge in [-0.1, -0.05) is 6.07 Å². The van der Waals surface area contributed by atoms with Gasteiger partial charge in [-0.3, -0.25) is 9.48 Å². The lowest BCUT2D eigenvalue weighted by Crippen LogP contribution is -2.32. The fourth-order valence-electron chi connectivity index (χ4n) is 3.06. The number of nitrogens with one attached hydrogen (secondary N) is 2. The first kappa shape index (κ1) is 16.6. The van der Waals surface area contributed by atoms with Crippen molar-refractivity contribution >= 4 is 5.91 Å². The van der Waals surface area contributed by atoms with Crippen LogP contribution in [0.4, 0.5) is 4.39 Å². The Labute approximate surface area is 141 Å². The highest BCUT2D eigenvalue weighted by Gasteiger charge is 2.17. The molecule has 1 atom stereocenters. The second-order valence-corrected chi connectivity index (χ2v) is 6.26. The fraction of sp³-hybridized carbons (Fsp3) is 0.444. The first-order valence-electron chi connectivity index (χ1n) is 8.42. The summed E-state index contributed by atoms with van der Waals surface area (Å²) < 4.78 is 15.0. The Kier molecular flexibility index (Phi) is 5.25. The summed E-state index contributed by atoms with van der Waals surface area (Å²) >= 11 is 0. The van der Waals surface area contributed by atoms with Gasteiger partial charge in [0, 0.05) is 19.3 Å². The molecule has 2 aromatic rings. The van der Waals surface area contributed by atoms with Crippen molar-refractivity contribution < 1.29 is 9.18 Å². The number of carbonyl (C=O) groups is 1. The minimum Gasteiger partial charge on any atom is -0.350 e. The molecule has 0 spiro atoms. The maximum atomic E-state index is 13.1. The Morgan fingerprint density at radius 1 is 1.46 bits per heavy atom. The van der Waals surface area contributed by atoms with Crippen molar-refractivity contribution in [3.8, 4) is 0 Å². The number of hydrogen-bond donors (Lipinski definition) is 2. The van der Waals surface area contributed by atoms with E-state index in [2.05, 4.69) is 15.7 Å². The lowest BCUT2D eigenvalue weighted by atomic mass is 10.1. The van der Waals surface area contributed by atoms with Crippen molar-refractivity contribution in [1.82, 2.24) is 20.4 Å². The summed E-state index contributed by atoms with van der Waals surface area (Å²) in [6, 6.07) is 6.80. The van der Waals surface area contributed by atoms with Crippen LogP contribution < -0.4 is 10.6 Å². The van der Waals surface area contributed by atoms with Crippen LogP contribution in [0.2, 0.25) is 0 Å². The highest BCUT2D eigenvalue weighted by Crippen LogP contribution is 2.15. The number of rotatable bonds is 5. The maximum Gasteiger partial charge on any atom is 0.271 e. The van der Waals surface area contributed by atoms with Crippen molar-refractivity contribution in [2.45, 2.75) is 32.2 Å². The number of hydrogen-bond acceptors (Lipinski definition) is 3. The van der Waals surface area contributed by atoms with Crippen LogP contribution in [0.5, 0.6) is 0 Å². The maximum absolute atomic E-state index is 13.1. The van der Waals surface area contributed by atoms with Crippen LogP contribution in [0.15, 0.2) is 30.5 Å². The van der Waals surface area contributed by atoms with E-state index in [4.69, 9.17) is 0 Å². The molecular weight excluding hydrogens is 307 g/mol. The Morgan fingerprint density at radius 3 is 3.08 bits per heavy atom. The van der Waals surface area contributed by atoms with Gasteiger partial charge in [0.1, 0.15) is 11.5 Å². The van der Waals surface area contributed by atoms with Gasteiger partial charge in [0.15, 0.2) is 0 Å². The molecule has 0 saturated carbocycles. The third-order valence-electron chi connectivity index (χ3n) is 4.47. The van der Waals surface area contributed by atoms with Crippen LogP contribution in [0, 0.1) is 12.7 Å². The summed E-state index contributed by atoms with van der Waals surface area (Å²) in [5, 5.41) is 10.6. The van der Waals surface area contributed by atoms with Crippen LogP contribution in [-0.4, -0.2) is 35.3 Å². The molecule has 0 bridgehead atoms. The Bertz CT molecular complexity index is 707. The highest BCUT2D eigenvalue weighted by atomic mass is 19.1. The van der Waals surface area contributed by atoms with Crippen molar-refractivity contribution in [2.24, 2.45) is 0 Å². The van der Waals surface area contributed by atoms with Crippen molar-refractivity contribution in [3.63, 3.8) is 0 Å². The molecule has 1 saturated heterocycles. The molecule has 5 nitrogen and oxygen atoms in total. The molecule has 24 heavy (non-hydrogen) atoms. The van der Waals surface area contributed by atoms with Gasteiger partial charge in [-0.25, -0.2) is 4.39 Å². The summed E-state index contributed by atoms with van der Waals surface area (Å²) in [5.74, 6) is -0.402. The fourth-order valence-corrected chi connectivity index (χ4v) is 3.06. The van der Waals surface area contributed by atoms with E-state index in [0.717, 1.165) is 37.1 Å². The van der Waals surface area contributed by atoms with Crippen molar-refractivity contribution in [2.75, 3.05) is 19.6 Å². The minimum absolute atomic E-state index is 0.169. The van der Waals surface area contributed by atoms with Gasteiger partial charge in [0.25, 0.3) is 5.91 Å². The zero-order chi connectivity index (χ0) is 16.9. The number of carbonyl (C=O) groups excluding carboxylic acids is 1. The van der Waals surface area contributed by atoms with Gasteiger partial charge in [-0.2, -0.15) is 5.10 Å². The average Bonchev–Trinajstić information content (AvgIpc) is 3.08. The second kappa shape index (κ2) is 7.57. The molecule has 1 aliphatic rings. The molecule has 3 rings (SSSR count). The Morgan fingerprint density at radius 2 is 2.33 bits per heavy atom. The third kappa shape index (κ3) is 4.00. The monoisotopic (exact) mass is 330 g/mol. The number of nitrogens with zero attached hydrogens (tertiary/aromatic N) is 2. The molecule has 128 valence electrons. The van der Waals surface area contributed by atoms with E-state index in [0.29, 0.717) is 24.7 Å². The van der Waals surface area contributed by atoms with Crippen LogP contribution >= 0.6 is 0 Å². The standard InChI is InChI=1S/C18H23FN4O/c1-13-11-15(19)5-4-14(13)6-9-21-18(24)17-7-10-23(22-17)16-3-2-8-20-12-16/h4-5,7,10-11,16,20H,2-3,6,8-9,12H2,1H3,(H,21,24). The minimum atomic E-state index is -0.233. The molecule has 1 amide bonds. The molecule has 0 aliphatic carbocycles. The van der Waals surface area contributed by atoms with Gasteiger partial charge in [-0.15, -0.1) is 0 Å². The quantitative estimate of drug-likeness (QED) is 0.884. The molecule has 1 aromatic heterocycles. The zero-order valence-electron chi connectivity index (χ0n) is 13.9. The number of aromatic nitrogens is 2. The van der Waals surface area contributed by atoms with E-state index in [9.17, 15) is 9.18 Å². The number of aryl methyl sites for hydroxylation is 1. The first-order chi connectivity index (χ1) is 11.6. The molecule has 1 aliphatic heterocycles. The van der Waals surface area contributed by atoms with Crippen molar-refractivity contribution in [3.05, 3.63) is 53.1 Å². The van der Waals surface area contributed by atoms with Crippen LogP contribution in [0.3, 0.4) is 0 Å². The smallest absolute Gasteiger partial charge is 0.271 e. The average molecular weight is 330 g/mol. The van der Waals surface area contributed by atoms with Crippen LogP contribution in [-0.2, 0) is 6.42 Å². The zero-order valence-corrected chi connectivity index (χ0v) is 13.9. The molecular formula is C18H23FN4O. The number of amides is 1. The second-order valence-electron chi connectivity index (χ2n) is 6.26. The highest BCUT2D eigenvalue weighted by molar-refractivity contribution is 5.92.